The third kappa shape index (κ3) is 3.21. The minimum absolute atomic E-state index is 0.287. The Kier molecular flexibility index (Phi) is 3.97. The summed E-state index contributed by atoms with van der Waals surface area (Å²) in [5.74, 6) is -0.797. The normalized spacial score (nSPS) is 16.8. The van der Waals surface area contributed by atoms with Crippen LogP contribution in [-0.2, 0) is 16.0 Å². The van der Waals surface area contributed by atoms with Gasteiger partial charge in [-0.1, -0.05) is 19.1 Å². The van der Waals surface area contributed by atoms with Crippen LogP contribution in [0.4, 0.5) is 10.5 Å². The summed E-state index contributed by atoms with van der Waals surface area (Å²) in [4.78, 5) is 36.6. The molecule has 1 fully saturated rings. The largest absolute Gasteiger partial charge is 0.325 e. The molecule has 1 aromatic rings. The Morgan fingerprint density at radius 3 is 2.62 bits per heavy atom. The lowest BCUT2D eigenvalue weighted by Crippen LogP contribution is -2.41. The van der Waals surface area contributed by atoms with Crippen molar-refractivity contribution < 1.29 is 14.4 Å². The maximum Gasteiger partial charge on any atom is 0.325 e. The summed E-state index contributed by atoms with van der Waals surface area (Å²) < 4.78 is 0. The Hall–Kier alpha value is -2.37. The molecular weight excluding hydrogens is 270 g/mol. The van der Waals surface area contributed by atoms with Crippen LogP contribution in [0.25, 0.3) is 0 Å². The van der Waals surface area contributed by atoms with Crippen molar-refractivity contribution in [2.24, 2.45) is 0 Å². The van der Waals surface area contributed by atoms with Crippen molar-refractivity contribution in [1.29, 1.82) is 0 Å². The van der Waals surface area contributed by atoms with Crippen molar-refractivity contribution in [1.82, 2.24) is 10.2 Å². The molecule has 0 aromatic heterocycles. The molecule has 21 heavy (non-hydrogen) atoms. The van der Waals surface area contributed by atoms with Crippen LogP contribution in [0.2, 0.25) is 0 Å². The maximum atomic E-state index is 12.0. The highest BCUT2D eigenvalue weighted by molar-refractivity contribution is 6.09. The topological polar surface area (TPSA) is 78.5 Å². The number of hydrogen-bond donors (Lipinski definition) is 2. The minimum Gasteiger partial charge on any atom is -0.325 e. The predicted octanol–water partition coefficient (Wildman–Crippen LogP) is 1.52. The van der Waals surface area contributed by atoms with Gasteiger partial charge in [0.2, 0.25) is 5.91 Å². The van der Waals surface area contributed by atoms with E-state index in [9.17, 15) is 14.4 Å². The molecule has 0 spiro atoms. The number of benzene rings is 1. The van der Waals surface area contributed by atoms with Gasteiger partial charge in [0.25, 0.3) is 5.91 Å². The standard InChI is InChI=1S/C15H19N3O3/c1-4-10-6-5-7-11(8-10)16-12(19)9-18-13(20)15(2,3)17-14(18)21/h5-8H,4,9H2,1-3H3,(H,16,19)(H,17,21). The zero-order valence-corrected chi connectivity index (χ0v) is 12.4. The van der Waals surface area contributed by atoms with Crippen LogP contribution in [0.5, 0.6) is 0 Å². The van der Waals surface area contributed by atoms with Gasteiger partial charge in [0.15, 0.2) is 0 Å². The van der Waals surface area contributed by atoms with Gasteiger partial charge in [0.1, 0.15) is 12.1 Å². The van der Waals surface area contributed by atoms with E-state index in [0.717, 1.165) is 16.9 Å². The highest BCUT2D eigenvalue weighted by Crippen LogP contribution is 2.17. The van der Waals surface area contributed by atoms with Gasteiger partial charge in [0, 0.05) is 5.69 Å². The predicted molar refractivity (Wildman–Crippen MR) is 78.8 cm³/mol. The molecule has 0 saturated carbocycles. The molecule has 6 heteroatoms. The number of rotatable bonds is 4. The molecule has 0 aliphatic carbocycles. The highest BCUT2D eigenvalue weighted by Gasteiger charge is 2.44. The maximum absolute atomic E-state index is 12.0. The second kappa shape index (κ2) is 5.55. The van der Waals surface area contributed by atoms with Crippen LogP contribution in [0.1, 0.15) is 26.3 Å². The van der Waals surface area contributed by atoms with E-state index < -0.39 is 23.4 Å². The van der Waals surface area contributed by atoms with Crippen molar-refractivity contribution in [2.75, 3.05) is 11.9 Å². The van der Waals surface area contributed by atoms with E-state index in [2.05, 4.69) is 10.6 Å². The van der Waals surface area contributed by atoms with Gasteiger partial charge >= 0.3 is 6.03 Å². The SMILES string of the molecule is CCc1cccc(NC(=O)CN2C(=O)NC(C)(C)C2=O)c1. The number of amides is 4. The number of carbonyl (C=O) groups excluding carboxylic acids is 3. The quantitative estimate of drug-likeness (QED) is 0.825. The molecule has 6 nitrogen and oxygen atoms in total. The first kappa shape index (κ1) is 15.0. The summed E-state index contributed by atoms with van der Waals surface area (Å²) >= 11 is 0. The van der Waals surface area contributed by atoms with Crippen molar-refractivity contribution in [3.8, 4) is 0 Å². The van der Waals surface area contributed by atoms with Crippen molar-refractivity contribution in [2.45, 2.75) is 32.7 Å². The van der Waals surface area contributed by atoms with Gasteiger partial charge in [-0.3, -0.25) is 14.5 Å². The van der Waals surface area contributed by atoms with Gasteiger partial charge in [-0.05, 0) is 38.0 Å². The molecule has 4 amide bonds. The number of nitrogens with one attached hydrogen (secondary N) is 2. The Balaban J connectivity index is 2.02. The third-order valence-electron chi connectivity index (χ3n) is 3.37. The molecule has 0 bridgehead atoms. The first-order valence-electron chi connectivity index (χ1n) is 6.86. The lowest BCUT2D eigenvalue weighted by molar-refractivity contribution is -0.132. The van der Waals surface area contributed by atoms with Crippen LogP contribution in [0.15, 0.2) is 24.3 Å². The summed E-state index contributed by atoms with van der Waals surface area (Å²) in [7, 11) is 0. The third-order valence-corrected chi connectivity index (χ3v) is 3.37. The Morgan fingerprint density at radius 2 is 2.05 bits per heavy atom. The fourth-order valence-corrected chi connectivity index (χ4v) is 2.17. The van der Waals surface area contributed by atoms with Gasteiger partial charge in [-0.2, -0.15) is 0 Å². The number of urea groups is 1. The lowest BCUT2D eigenvalue weighted by Gasteiger charge is -2.15. The Labute approximate surface area is 123 Å². The first-order chi connectivity index (χ1) is 9.83. The van der Waals surface area contributed by atoms with Crippen LogP contribution >= 0.6 is 0 Å². The number of anilines is 1. The number of hydrogen-bond acceptors (Lipinski definition) is 3. The number of imide groups is 1. The molecular formula is C15H19N3O3. The van der Waals surface area contributed by atoms with E-state index in [1.165, 1.54) is 0 Å². The zero-order chi connectivity index (χ0) is 15.6. The number of carbonyl (C=O) groups is 3. The minimum atomic E-state index is -0.959. The van der Waals surface area contributed by atoms with Crippen molar-refractivity contribution in [3.63, 3.8) is 0 Å². The zero-order valence-electron chi connectivity index (χ0n) is 12.4. The molecule has 1 saturated heterocycles. The van der Waals surface area contributed by atoms with E-state index in [-0.39, 0.29) is 6.54 Å². The van der Waals surface area contributed by atoms with Crippen molar-refractivity contribution >= 4 is 23.5 Å². The van der Waals surface area contributed by atoms with Crippen LogP contribution in [0, 0.1) is 0 Å². The highest BCUT2D eigenvalue weighted by atomic mass is 16.2. The summed E-state index contributed by atoms with van der Waals surface area (Å²) in [5.41, 5.74) is 0.800. The molecule has 1 aromatic carbocycles. The van der Waals surface area contributed by atoms with E-state index in [4.69, 9.17) is 0 Å². The molecule has 1 aliphatic heterocycles. The van der Waals surface area contributed by atoms with Gasteiger partial charge in [-0.25, -0.2) is 4.79 Å². The summed E-state index contributed by atoms with van der Waals surface area (Å²) in [6.45, 7) is 4.95. The molecule has 0 radical (unpaired) electrons. The smallest absolute Gasteiger partial charge is 0.325 e. The summed E-state index contributed by atoms with van der Waals surface area (Å²) in [6.07, 6.45) is 0.866. The van der Waals surface area contributed by atoms with Crippen LogP contribution < -0.4 is 10.6 Å². The molecule has 1 heterocycles. The van der Waals surface area contributed by atoms with Crippen LogP contribution in [0.3, 0.4) is 0 Å². The van der Waals surface area contributed by atoms with E-state index in [1.807, 2.05) is 25.1 Å². The monoisotopic (exact) mass is 289 g/mol. The van der Waals surface area contributed by atoms with Crippen LogP contribution in [-0.4, -0.2) is 34.8 Å². The first-order valence-corrected chi connectivity index (χ1v) is 6.86. The Bertz CT molecular complexity index is 596. The molecule has 2 rings (SSSR count). The molecule has 112 valence electrons. The average molecular weight is 289 g/mol. The second-order valence-corrected chi connectivity index (χ2v) is 5.55. The molecule has 0 unspecified atom stereocenters. The Morgan fingerprint density at radius 1 is 1.33 bits per heavy atom. The van der Waals surface area contributed by atoms with Crippen molar-refractivity contribution in [3.05, 3.63) is 29.8 Å². The van der Waals surface area contributed by atoms with E-state index in [0.29, 0.717) is 5.69 Å². The molecule has 2 N–H and O–H groups in total. The molecule has 0 atom stereocenters. The molecule has 1 aliphatic rings. The van der Waals surface area contributed by atoms with Gasteiger partial charge in [-0.15, -0.1) is 0 Å². The van der Waals surface area contributed by atoms with E-state index in [1.54, 1.807) is 19.9 Å². The fraction of sp³-hybridized carbons (Fsp3) is 0.400. The average Bonchev–Trinajstić information content (AvgIpc) is 2.61. The number of nitrogens with zero attached hydrogens (tertiary/aromatic N) is 1. The van der Waals surface area contributed by atoms with E-state index >= 15 is 0 Å². The fourth-order valence-electron chi connectivity index (χ4n) is 2.17. The number of aryl methyl sites for hydroxylation is 1. The second-order valence-electron chi connectivity index (χ2n) is 5.55. The summed E-state index contributed by atoms with van der Waals surface area (Å²) in [5, 5.41) is 5.24. The van der Waals surface area contributed by atoms with Gasteiger partial charge < -0.3 is 10.6 Å². The van der Waals surface area contributed by atoms with Gasteiger partial charge in [0.05, 0.1) is 0 Å². The summed E-state index contributed by atoms with van der Waals surface area (Å²) in [6, 6.07) is 6.92. The lowest BCUT2D eigenvalue weighted by atomic mass is 10.1.